The van der Waals surface area contributed by atoms with Crippen LogP contribution < -0.4 is 0 Å². The van der Waals surface area contributed by atoms with Crippen molar-refractivity contribution in [2.45, 2.75) is 91.1 Å². The first-order valence-electron chi connectivity index (χ1n) is 7.98. The second-order valence-corrected chi connectivity index (χ2v) is 5.51. The van der Waals surface area contributed by atoms with E-state index in [4.69, 9.17) is 4.74 Å². The van der Waals surface area contributed by atoms with Gasteiger partial charge in [0.2, 0.25) is 0 Å². The van der Waals surface area contributed by atoms with Gasteiger partial charge in [-0.2, -0.15) is 0 Å². The molecule has 1 atom stereocenters. The normalized spacial score (nSPS) is 12.2. The van der Waals surface area contributed by atoms with Gasteiger partial charge in [0.15, 0.2) is 0 Å². The maximum absolute atomic E-state index is 11.5. The molecule has 0 fully saturated rings. The molecule has 1 unspecified atom stereocenters. The molecule has 0 radical (unpaired) electrons. The Bertz CT molecular complexity index is 246. The molecule has 0 aromatic rings. The van der Waals surface area contributed by atoms with Gasteiger partial charge in [-0.3, -0.25) is 0 Å². The van der Waals surface area contributed by atoms with Crippen LogP contribution in [0, 0.1) is 0 Å². The highest BCUT2D eigenvalue weighted by atomic mass is 16.5. The van der Waals surface area contributed by atoms with Crippen LogP contribution in [-0.4, -0.2) is 12.1 Å². The zero-order chi connectivity index (χ0) is 14.5. The molecule has 0 bridgehead atoms. The minimum Gasteiger partial charge on any atom is -0.459 e. The summed E-state index contributed by atoms with van der Waals surface area (Å²) in [5, 5.41) is 0. The van der Waals surface area contributed by atoms with E-state index in [1.54, 1.807) is 6.92 Å². The maximum atomic E-state index is 11.5. The number of rotatable bonds is 12. The van der Waals surface area contributed by atoms with Gasteiger partial charge < -0.3 is 4.74 Å². The van der Waals surface area contributed by atoms with Crippen LogP contribution in [0.4, 0.5) is 0 Å². The fourth-order valence-corrected chi connectivity index (χ4v) is 2.17. The second kappa shape index (κ2) is 12.3. The third kappa shape index (κ3) is 10.8. The van der Waals surface area contributed by atoms with E-state index >= 15 is 0 Å². The molecule has 0 saturated heterocycles. The molecule has 19 heavy (non-hydrogen) atoms. The molecule has 2 nitrogen and oxygen atoms in total. The summed E-state index contributed by atoms with van der Waals surface area (Å²) < 4.78 is 5.46. The number of ether oxygens (including phenoxy) is 1. The van der Waals surface area contributed by atoms with Crippen LogP contribution >= 0.6 is 0 Å². The largest absolute Gasteiger partial charge is 0.459 e. The third-order valence-electron chi connectivity index (χ3n) is 3.36. The molecule has 0 spiro atoms. The highest BCUT2D eigenvalue weighted by Gasteiger charge is 2.13. The Kier molecular flexibility index (Phi) is 11.7. The highest BCUT2D eigenvalue weighted by molar-refractivity contribution is 5.87. The summed E-state index contributed by atoms with van der Waals surface area (Å²) in [7, 11) is 0. The predicted octanol–water partition coefficient (Wildman–Crippen LogP) is 5.42. The topological polar surface area (TPSA) is 26.3 Å². The van der Waals surface area contributed by atoms with Gasteiger partial charge in [0.25, 0.3) is 0 Å². The molecular weight excluding hydrogens is 236 g/mol. The first kappa shape index (κ1) is 18.2. The minimum absolute atomic E-state index is 0.0878. The molecule has 0 aliphatic rings. The van der Waals surface area contributed by atoms with Crippen LogP contribution in [0.3, 0.4) is 0 Å². The first-order valence-corrected chi connectivity index (χ1v) is 7.98. The van der Waals surface area contributed by atoms with E-state index in [9.17, 15) is 4.79 Å². The van der Waals surface area contributed by atoms with Crippen LogP contribution in [-0.2, 0) is 9.53 Å². The van der Waals surface area contributed by atoms with Gasteiger partial charge in [0.1, 0.15) is 6.10 Å². The second-order valence-electron chi connectivity index (χ2n) is 5.51. The van der Waals surface area contributed by atoms with Gasteiger partial charge in [0.05, 0.1) is 0 Å². The Morgan fingerprint density at radius 1 is 0.947 bits per heavy atom. The summed E-state index contributed by atoms with van der Waals surface area (Å²) in [5.41, 5.74) is 0.501. The summed E-state index contributed by atoms with van der Waals surface area (Å²) in [5.74, 6) is -0.235. The zero-order valence-electron chi connectivity index (χ0n) is 13.2. The quantitative estimate of drug-likeness (QED) is 0.268. The SMILES string of the molecule is C=C(C)C(=O)OC(CCC)CCCCCCCCC. The van der Waals surface area contributed by atoms with Crippen molar-refractivity contribution < 1.29 is 9.53 Å². The molecule has 0 aliphatic carbocycles. The lowest BCUT2D eigenvalue weighted by Gasteiger charge is -2.17. The van der Waals surface area contributed by atoms with Crippen molar-refractivity contribution in [2.75, 3.05) is 0 Å². The highest BCUT2D eigenvalue weighted by Crippen LogP contribution is 2.15. The number of esters is 1. The number of carbonyl (C=O) groups is 1. The fraction of sp³-hybridized carbons (Fsp3) is 0.824. The molecular formula is C17H32O2. The molecule has 2 heteroatoms. The van der Waals surface area contributed by atoms with Gasteiger partial charge in [0, 0.05) is 5.57 Å². The van der Waals surface area contributed by atoms with E-state index in [0.29, 0.717) is 5.57 Å². The molecule has 0 amide bonds. The summed E-state index contributed by atoms with van der Waals surface area (Å²) in [6, 6.07) is 0. The monoisotopic (exact) mass is 268 g/mol. The summed E-state index contributed by atoms with van der Waals surface area (Å²) >= 11 is 0. The van der Waals surface area contributed by atoms with Crippen LogP contribution in [0.5, 0.6) is 0 Å². The zero-order valence-corrected chi connectivity index (χ0v) is 13.2. The number of carbonyl (C=O) groups excluding carboxylic acids is 1. The lowest BCUT2D eigenvalue weighted by atomic mass is 10.0. The predicted molar refractivity (Wildman–Crippen MR) is 82.2 cm³/mol. The Labute approximate surface area is 119 Å². The molecule has 112 valence electrons. The van der Waals surface area contributed by atoms with E-state index < -0.39 is 0 Å². The van der Waals surface area contributed by atoms with E-state index in [2.05, 4.69) is 20.4 Å². The van der Waals surface area contributed by atoms with Crippen molar-refractivity contribution >= 4 is 5.97 Å². The Balaban J connectivity index is 3.70. The molecule has 0 saturated carbocycles. The Morgan fingerprint density at radius 3 is 2.05 bits per heavy atom. The van der Waals surface area contributed by atoms with Crippen LogP contribution in [0.25, 0.3) is 0 Å². The standard InChI is InChI=1S/C17H32O2/c1-5-7-8-9-10-11-12-14-16(13-6-2)19-17(18)15(3)4/h16H,3,5-14H2,1-2,4H3. The Morgan fingerprint density at radius 2 is 1.53 bits per heavy atom. The van der Waals surface area contributed by atoms with Gasteiger partial charge in [-0.25, -0.2) is 4.79 Å². The van der Waals surface area contributed by atoms with Gasteiger partial charge in [-0.15, -0.1) is 0 Å². The lowest BCUT2D eigenvalue weighted by molar-refractivity contribution is -0.144. The van der Waals surface area contributed by atoms with Crippen molar-refractivity contribution in [1.82, 2.24) is 0 Å². The molecule has 0 N–H and O–H groups in total. The van der Waals surface area contributed by atoms with Crippen molar-refractivity contribution in [3.05, 3.63) is 12.2 Å². The van der Waals surface area contributed by atoms with Crippen molar-refractivity contribution in [2.24, 2.45) is 0 Å². The van der Waals surface area contributed by atoms with E-state index in [-0.39, 0.29) is 12.1 Å². The lowest BCUT2D eigenvalue weighted by Crippen LogP contribution is -2.18. The van der Waals surface area contributed by atoms with Gasteiger partial charge in [-0.05, 0) is 26.2 Å². The molecule has 0 heterocycles. The maximum Gasteiger partial charge on any atom is 0.333 e. The molecule has 0 aromatic heterocycles. The first-order chi connectivity index (χ1) is 9.11. The van der Waals surface area contributed by atoms with E-state index in [1.807, 2.05) is 0 Å². The smallest absolute Gasteiger partial charge is 0.333 e. The average molecular weight is 268 g/mol. The minimum atomic E-state index is -0.235. The van der Waals surface area contributed by atoms with Crippen LogP contribution in [0.15, 0.2) is 12.2 Å². The summed E-state index contributed by atoms with van der Waals surface area (Å²) in [6.07, 6.45) is 12.2. The van der Waals surface area contributed by atoms with Gasteiger partial charge in [-0.1, -0.05) is 65.4 Å². The fourth-order valence-electron chi connectivity index (χ4n) is 2.17. The van der Waals surface area contributed by atoms with E-state index in [0.717, 1.165) is 19.3 Å². The van der Waals surface area contributed by atoms with Crippen LogP contribution in [0.2, 0.25) is 0 Å². The van der Waals surface area contributed by atoms with Crippen molar-refractivity contribution in [1.29, 1.82) is 0 Å². The van der Waals surface area contributed by atoms with Crippen molar-refractivity contribution in [3.8, 4) is 0 Å². The Hall–Kier alpha value is -0.790. The number of hydrogen-bond acceptors (Lipinski definition) is 2. The van der Waals surface area contributed by atoms with Crippen LogP contribution in [0.1, 0.15) is 85.0 Å². The number of unbranched alkanes of at least 4 members (excludes halogenated alkanes) is 6. The average Bonchev–Trinajstić information content (AvgIpc) is 2.37. The summed E-state index contributed by atoms with van der Waals surface area (Å²) in [4.78, 5) is 11.5. The molecule has 0 aliphatic heterocycles. The van der Waals surface area contributed by atoms with Gasteiger partial charge >= 0.3 is 5.97 Å². The molecule has 0 rings (SSSR count). The number of hydrogen-bond donors (Lipinski definition) is 0. The van der Waals surface area contributed by atoms with Crippen molar-refractivity contribution in [3.63, 3.8) is 0 Å². The summed E-state index contributed by atoms with van der Waals surface area (Å²) in [6.45, 7) is 9.71. The third-order valence-corrected chi connectivity index (χ3v) is 3.36. The molecule has 0 aromatic carbocycles. The van der Waals surface area contributed by atoms with E-state index in [1.165, 1.54) is 44.9 Å².